The lowest BCUT2D eigenvalue weighted by molar-refractivity contribution is -0.122. The lowest BCUT2D eigenvalue weighted by atomic mass is 10.2. The first kappa shape index (κ1) is 19.4. The Labute approximate surface area is 162 Å². The number of carbonyl (C=O) groups is 1. The van der Waals surface area contributed by atoms with E-state index in [2.05, 4.69) is 5.32 Å². The number of hydrogen-bond donors (Lipinski definition) is 1. The van der Waals surface area contributed by atoms with Gasteiger partial charge in [-0.2, -0.15) is 0 Å². The maximum atomic E-state index is 13.2. The molecule has 0 aliphatic carbocycles. The predicted molar refractivity (Wildman–Crippen MR) is 108 cm³/mol. The molecule has 1 atom stereocenters. The van der Waals surface area contributed by atoms with Crippen molar-refractivity contribution in [2.75, 3.05) is 7.11 Å². The van der Waals surface area contributed by atoms with Crippen LogP contribution in [0.15, 0.2) is 58.1 Å². The van der Waals surface area contributed by atoms with Gasteiger partial charge in [0.05, 0.1) is 23.7 Å². The zero-order chi connectivity index (χ0) is 20.3. The molecule has 0 saturated carbocycles. The van der Waals surface area contributed by atoms with E-state index in [1.807, 2.05) is 13.8 Å². The van der Waals surface area contributed by atoms with E-state index in [4.69, 9.17) is 4.74 Å². The number of methoxy groups -OCH3 is 1. The molecule has 0 spiro atoms. The van der Waals surface area contributed by atoms with Gasteiger partial charge >= 0.3 is 5.69 Å². The molecule has 0 radical (unpaired) electrons. The Morgan fingerprint density at radius 1 is 1.14 bits per heavy atom. The van der Waals surface area contributed by atoms with Crippen LogP contribution in [-0.4, -0.2) is 28.2 Å². The summed E-state index contributed by atoms with van der Waals surface area (Å²) in [6.45, 7) is 3.69. The fourth-order valence-electron chi connectivity index (χ4n) is 3.02. The van der Waals surface area contributed by atoms with Gasteiger partial charge in [0.1, 0.15) is 12.3 Å². The van der Waals surface area contributed by atoms with E-state index in [0.717, 1.165) is 11.0 Å². The summed E-state index contributed by atoms with van der Waals surface area (Å²) in [5, 5.41) is 3.22. The van der Waals surface area contributed by atoms with E-state index in [1.54, 1.807) is 48.5 Å². The highest BCUT2D eigenvalue weighted by atomic mass is 16.5. The second-order valence-electron chi connectivity index (χ2n) is 6.60. The highest BCUT2D eigenvalue weighted by Crippen LogP contribution is 2.15. The van der Waals surface area contributed by atoms with Crippen LogP contribution in [0.3, 0.4) is 0 Å². The number of benzene rings is 2. The lowest BCUT2D eigenvalue weighted by Crippen LogP contribution is -2.43. The van der Waals surface area contributed by atoms with Gasteiger partial charge in [-0.1, -0.05) is 25.1 Å². The smallest absolute Gasteiger partial charge is 0.336 e. The minimum Gasteiger partial charge on any atom is -0.497 e. The van der Waals surface area contributed by atoms with Crippen molar-refractivity contribution in [3.63, 3.8) is 0 Å². The summed E-state index contributed by atoms with van der Waals surface area (Å²) in [6, 6.07) is 13.5. The van der Waals surface area contributed by atoms with Crippen LogP contribution in [0.2, 0.25) is 0 Å². The SMILES string of the molecule is CC[C@H](C)NC(=O)Cn1c(=O)n(-c2cccc(OC)c2)c(=O)c2ccccc21. The van der Waals surface area contributed by atoms with Gasteiger partial charge < -0.3 is 10.1 Å². The maximum absolute atomic E-state index is 13.2. The first-order chi connectivity index (χ1) is 13.5. The van der Waals surface area contributed by atoms with Crippen LogP contribution in [0.25, 0.3) is 16.6 Å². The van der Waals surface area contributed by atoms with Gasteiger partial charge in [-0.3, -0.25) is 14.2 Å². The summed E-state index contributed by atoms with van der Waals surface area (Å²) in [5.74, 6) is 0.246. The fourth-order valence-corrected chi connectivity index (χ4v) is 3.02. The minimum absolute atomic E-state index is 0.00115. The Morgan fingerprint density at radius 3 is 2.61 bits per heavy atom. The van der Waals surface area contributed by atoms with E-state index in [9.17, 15) is 14.4 Å². The van der Waals surface area contributed by atoms with Crippen molar-refractivity contribution in [1.82, 2.24) is 14.5 Å². The Balaban J connectivity index is 2.22. The maximum Gasteiger partial charge on any atom is 0.336 e. The molecule has 0 aliphatic heterocycles. The van der Waals surface area contributed by atoms with Crippen molar-refractivity contribution in [2.24, 2.45) is 0 Å². The largest absolute Gasteiger partial charge is 0.497 e. The number of nitrogens with zero attached hydrogens (tertiary/aromatic N) is 2. The number of hydrogen-bond acceptors (Lipinski definition) is 4. The molecule has 146 valence electrons. The molecule has 3 aromatic rings. The summed E-state index contributed by atoms with van der Waals surface area (Å²) in [5.41, 5.74) is -0.198. The summed E-state index contributed by atoms with van der Waals surface area (Å²) < 4.78 is 7.60. The number of nitrogens with one attached hydrogen (secondary N) is 1. The number of aromatic nitrogens is 2. The minimum atomic E-state index is -0.573. The van der Waals surface area contributed by atoms with Crippen molar-refractivity contribution in [3.8, 4) is 11.4 Å². The lowest BCUT2D eigenvalue weighted by Gasteiger charge is -2.16. The van der Waals surface area contributed by atoms with Crippen LogP contribution >= 0.6 is 0 Å². The van der Waals surface area contributed by atoms with Gasteiger partial charge in [-0.05, 0) is 37.6 Å². The zero-order valence-corrected chi connectivity index (χ0v) is 16.1. The van der Waals surface area contributed by atoms with Gasteiger partial charge in [-0.25, -0.2) is 9.36 Å². The molecule has 0 bridgehead atoms. The van der Waals surface area contributed by atoms with Gasteiger partial charge in [0.15, 0.2) is 0 Å². The third-order valence-electron chi connectivity index (χ3n) is 4.68. The third kappa shape index (κ3) is 3.69. The van der Waals surface area contributed by atoms with E-state index in [1.165, 1.54) is 11.7 Å². The van der Waals surface area contributed by atoms with Crippen molar-refractivity contribution in [3.05, 3.63) is 69.4 Å². The number of ether oxygens (including phenoxy) is 1. The molecular formula is C21H23N3O4. The molecule has 7 heteroatoms. The van der Waals surface area contributed by atoms with Gasteiger partial charge in [-0.15, -0.1) is 0 Å². The molecule has 0 aliphatic rings. The van der Waals surface area contributed by atoms with Crippen molar-refractivity contribution < 1.29 is 9.53 Å². The van der Waals surface area contributed by atoms with Gasteiger partial charge in [0.25, 0.3) is 5.56 Å². The average molecular weight is 381 g/mol. The van der Waals surface area contributed by atoms with Gasteiger partial charge in [0.2, 0.25) is 5.91 Å². The molecule has 0 unspecified atom stereocenters. The molecule has 1 N–H and O–H groups in total. The van der Waals surface area contributed by atoms with Crippen LogP contribution in [0.1, 0.15) is 20.3 Å². The first-order valence-corrected chi connectivity index (χ1v) is 9.14. The topological polar surface area (TPSA) is 82.3 Å². The molecule has 0 fully saturated rings. The van der Waals surface area contributed by atoms with Crippen LogP contribution < -0.4 is 21.3 Å². The molecule has 1 amide bonds. The standard InChI is InChI=1S/C21H23N3O4/c1-4-14(2)22-19(25)13-23-18-11-6-5-10-17(18)20(26)24(21(23)27)15-8-7-9-16(12-15)28-3/h5-12,14H,4,13H2,1-3H3,(H,22,25)/t14-/m0/s1. The number of rotatable bonds is 6. The third-order valence-corrected chi connectivity index (χ3v) is 4.68. The quantitative estimate of drug-likeness (QED) is 0.709. The second-order valence-corrected chi connectivity index (χ2v) is 6.60. The van der Waals surface area contributed by atoms with Gasteiger partial charge in [0, 0.05) is 12.1 Å². The van der Waals surface area contributed by atoms with E-state index in [0.29, 0.717) is 22.3 Å². The molecule has 28 heavy (non-hydrogen) atoms. The predicted octanol–water partition coefficient (Wildman–Crippen LogP) is 2.08. The number of fused-ring (bicyclic) bond motifs is 1. The fraction of sp³-hybridized carbons (Fsp3) is 0.286. The first-order valence-electron chi connectivity index (χ1n) is 9.14. The molecule has 1 aromatic heterocycles. The molecule has 1 heterocycles. The Bertz CT molecular complexity index is 1130. The Hall–Kier alpha value is -3.35. The monoisotopic (exact) mass is 381 g/mol. The van der Waals surface area contributed by atoms with Crippen molar-refractivity contribution >= 4 is 16.8 Å². The van der Waals surface area contributed by atoms with Crippen molar-refractivity contribution in [2.45, 2.75) is 32.9 Å². The average Bonchev–Trinajstić information content (AvgIpc) is 2.71. The van der Waals surface area contributed by atoms with Crippen LogP contribution in [0.5, 0.6) is 5.75 Å². The van der Waals surface area contributed by atoms with E-state index >= 15 is 0 Å². The molecule has 7 nitrogen and oxygen atoms in total. The highest BCUT2D eigenvalue weighted by Gasteiger charge is 2.17. The zero-order valence-electron chi connectivity index (χ0n) is 16.1. The number of carbonyl (C=O) groups excluding carboxylic acids is 1. The summed E-state index contributed by atoms with van der Waals surface area (Å²) >= 11 is 0. The summed E-state index contributed by atoms with van der Waals surface area (Å²) in [4.78, 5) is 38.7. The molecule has 3 rings (SSSR count). The second kappa shape index (κ2) is 8.12. The van der Waals surface area contributed by atoms with Crippen molar-refractivity contribution in [1.29, 1.82) is 0 Å². The molecular weight excluding hydrogens is 358 g/mol. The normalized spacial score (nSPS) is 12.0. The number of amides is 1. The molecule has 2 aromatic carbocycles. The van der Waals surface area contributed by atoms with Crippen LogP contribution in [0, 0.1) is 0 Å². The Morgan fingerprint density at radius 2 is 1.89 bits per heavy atom. The summed E-state index contributed by atoms with van der Waals surface area (Å²) in [7, 11) is 1.51. The Kier molecular flexibility index (Phi) is 5.63. The summed E-state index contributed by atoms with van der Waals surface area (Å²) in [6.07, 6.45) is 0.782. The van der Waals surface area contributed by atoms with Crippen LogP contribution in [-0.2, 0) is 11.3 Å². The number of para-hydroxylation sites is 1. The molecule has 0 saturated heterocycles. The van der Waals surface area contributed by atoms with E-state index < -0.39 is 11.2 Å². The highest BCUT2D eigenvalue weighted by molar-refractivity contribution is 5.82. The van der Waals surface area contributed by atoms with Crippen LogP contribution in [0.4, 0.5) is 0 Å². The van der Waals surface area contributed by atoms with E-state index in [-0.39, 0.29) is 18.5 Å².